The minimum absolute atomic E-state index is 0. The number of hydrogen-bond acceptors (Lipinski definition) is 6. The summed E-state index contributed by atoms with van der Waals surface area (Å²) < 4.78 is 0. The van der Waals surface area contributed by atoms with Crippen molar-refractivity contribution in [1.82, 2.24) is 5.06 Å². The van der Waals surface area contributed by atoms with Crippen LogP contribution in [0.25, 0.3) is 0 Å². The summed E-state index contributed by atoms with van der Waals surface area (Å²) in [7, 11) is 0. The first-order chi connectivity index (χ1) is 9.95. The first-order valence-corrected chi connectivity index (χ1v) is 6.14. The van der Waals surface area contributed by atoms with Crippen LogP contribution in [0.1, 0.15) is 19.4 Å². The summed E-state index contributed by atoms with van der Waals surface area (Å²) in [5.41, 5.74) is 1.26. The van der Waals surface area contributed by atoms with Gasteiger partial charge in [-0.1, -0.05) is 17.2 Å². The van der Waals surface area contributed by atoms with Gasteiger partial charge in [0.2, 0.25) is 0 Å². The molecular weight excluding hydrogens is 312 g/mol. The molecule has 1 aliphatic rings. The summed E-state index contributed by atoms with van der Waals surface area (Å²) in [6, 6.07) is 5.23. The number of carbonyl (C=O) groups is 3. The quantitative estimate of drug-likeness (QED) is 0.386. The van der Waals surface area contributed by atoms with E-state index in [9.17, 15) is 14.4 Å². The number of nitrogens with two attached hydrogens (primary N) is 1. The minimum Gasteiger partial charge on any atom is -0.329 e. The molecule has 118 valence electrons. The Kier molecular flexibility index (Phi) is 5.47. The first-order valence-electron chi connectivity index (χ1n) is 6.14. The van der Waals surface area contributed by atoms with Gasteiger partial charge in [0.1, 0.15) is 6.04 Å². The van der Waals surface area contributed by atoms with Crippen molar-refractivity contribution in [2.75, 3.05) is 4.90 Å². The summed E-state index contributed by atoms with van der Waals surface area (Å²) in [6.07, 6.45) is 1.45. The molecule has 9 heteroatoms. The lowest BCUT2D eigenvalue weighted by Gasteiger charge is -2.18. The van der Waals surface area contributed by atoms with E-state index < -0.39 is 23.9 Å². The molecule has 0 radical (unpaired) electrons. The fourth-order valence-electron chi connectivity index (χ4n) is 1.99. The molecule has 0 aliphatic carbocycles. The van der Waals surface area contributed by atoms with Crippen molar-refractivity contribution >= 4 is 42.2 Å². The Bertz CT molecular complexity index is 617. The number of halogens is 1. The molecule has 1 aromatic carbocycles. The molecule has 1 unspecified atom stereocenters. The zero-order valence-corrected chi connectivity index (χ0v) is 12.7. The molecule has 1 aliphatic heterocycles. The third-order valence-corrected chi connectivity index (χ3v) is 2.94. The van der Waals surface area contributed by atoms with E-state index in [2.05, 4.69) is 9.94 Å². The van der Waals surface area contributed by atoms with Crippen molar-refractivity contribution in [1.29, 1.82) is 0 Å². The number of urea groups is 1. The number of anilines is 1. The predicted octanol–water partition coefficient (Wildman–Crippen LogP) is 1.04. The fourth-order valence-corrected chi connectivity index (χ4v) is 1.99. The van der Waals surface area contributed by atoms with Gasteiger partial charge in [0.05, 0.1) is 6.21 Å². The van der Waals surface area contributed by atoms with E-state index in [1.165, 1.54) is 11.1 Å². The van der Waals surface area contributed by atoms with Crippen molar-refractivity contribution in [2.45, 2.75) is 19.9 Å². The highest BCUT2D eigenvalue weighted by Gasteiger charge is 2.45. The van der Waals surface area contributed by atoms with Crippen LogP contribution in [0.15, 0.2) is 29.4 Å². The summed E-state index contributed by atoms with van der Waals surface area (Å²) in [5, 5.41) is 3.87. The number of carbonyl (C=O) groups excluding carboxylic acids is 3. The standard InChI is InChI=1S/C13H14N4O4.ClH/c1-8-12(19)17(21-9(2)18)13(20)16(8)11-5-3-10(4-6-11)7-15-14;/h3-8H,14H2,1-2H3;1H/b15-7+;. The third kappa shape index (κ3) is 3.17. The van der Waals surface area contributed by atoms with E-state index in [1.54, 1.807) is 31.2 Å². The van der Waals surface area contributed by atoms with Crippen LogP contribution in [-0.2, 0) is 14.4 Å². The zero-order valence-electron chi connectivity index (χ0n) is 11.9. The lowest BCUT2D eigenvalue weighted by atomic mass is 10.2. The van der Waals surface area contributed by atoms with Crippen molar-refractivity contribution in [3.05, 3.63) is 29.8 Å². The van der Waals surface area contributed by atoms with Crippen LogP contribution < -0.4 is 10.7 Å². The number of hydrogen-bond donors (Lipinski definition) is 1. The maximum absolute atomic E-state index is 12.2. The number of rotatable bonds is 3. The molecule has 2 rings (SSSR count). The second kappa shape index (κ2) is 6.90. The molecule has 0 saturated carbocycles. The van der Waals surface area contributed by atoms with Crippen molar-refractivity contribution in [3.8, 4) is 0 Å². The highest BCUT2D eigenvalue weighted by Crippen LogP contribution is 2.26. The van der Waals surface area contributed by atoms with Crippen LogP contribution in [0.3, 0.4) is 0 Å². The average molecular weight is 327 g/mol. The molecule has 1 aromatic rings. The molecule has 1 fully saturated rings. The third-order valence-electron chi connectivity index (χ3n) is 2.94. The Balaban J connectivity index is 0.00000242. The van der Waals surface area contributed by atoms with E-state index in [-0.39, 0.29) is 12.4 Å². The van der Waals surface area contributed by atoms with Gasteiger partial charge in [-0.15, -0.1) is 12.4 Å². The Hall–Kier alpha value is -2.61. The van der Waals surface area contributed by atoms with Crippen LogP contribution in [0.4, 0.5) is 10.5 Å². The van der Waals surface area contributed by atoms with Gasteiger partial charge < -0.3 is 10.7 Å². The number of imide groups is 1. The van der Waals surface area contributed by atoms with Gasteiger partial charge in [-0.3, -0.25) is 9.69 Å². The van der Waals surface area contributed by atoms with Gasteiger partial charge in [0.25, 0.3) is 5.91 Å². The molecule has 0 spiro atoms. The van der Waals surface area contributed by atoms with Gasteiger partial charge in [-0.25, -0.2) is 9.59 Å². The largest absolute Gasteiger partial charge is 0.366 e. The molecule has 3 amide bonds. The smallest absolute Gasteiger partial charge is 0.329 e. The van der Waals surface area contributed by atoms with E-state index in [1.807, 2.05) is 0 Å². The second-order valence-electron chi connectivity index (χ2n) is 4.41. The summed E-state index contributed by atoms with van der Waals surface area (Å²) in [6.45, 7) is 2.67. The normalized spacial score (nSPS) is 17.8. The summed E-state index contributed by atoms with van der Waals surface area (Å²) >= 11 is 0. The highest BCUT2D eigenvalue weighted by molar-refractivity contribution is 6.13. The van der Waals surface area contributed by atoms with Crippen LogP contribution in [0.2, 0.25) is 0 Å². The first kappa shape index (κ1) is 17.4. The zero-order chi connectivity index (χ0) is 15.6. The van der Waals surface area contributed by atoms with Crippen LogP contribution in [0, 0.1) is 0 Å². The predicted molar refractivity (Wildman–Crippen MR) is 81.4 cm³/mol. The number of nitrogens with zero attached hydrogens (tertiary/aromatic N) is 3. The molecule has 0 bridgehead atoms. The van der Waals surface area contributed by atoms with E-state index in [0.29, 0.717) is 10.8 Å². The van der Waals surface area contributed by atoms with Crippen molar-refractivity contribution < 1.29 is 19.2 Å². The number of hydroxylamine groups is 2. The van der Waals surface area contributed by atoms with Crippen molar-refractivity contribution in [2.24, 2.45) is 10.9 Å². The Labute approximate surface area is 132 Å². The fraction of sp³-hybridized carbons (Fsp3) is 0.231. The summed E-state index contributed by atoms with van der Waals surface area (Å²) in [5.74, 6) is 3.72. The molecule has 2 N–H and O–H groups in total. The minimum atomic E-state index is -0.758. The van der Waals surface area contributed by atoms with Gasteiger partial charge >= 0.3 is 12.0 Å². The van der Waals surface area contributed by atoms with Crippen LogP contribution in [0.5, 0.6) is 0 Å². The number of amides is 3. The van der Waals surface area contributed by atoms with E-state index >= 15 is 0 Å². The average Bonchev–Trinajstić information content (AvgIpc) is 2.64. The van der Waals surface area contributed by atoms with Crippen LogP contribution in [-0.4, -0.2) is 35.2 Å². The maximum atomic E-state index is 12.2. The van der Waals surface area contributed by atoms with E-state index in [0.717, 1.165) is 12.5 Å². The molecule has 1 atom stereocenters. The highest BCUT2D eigenvalue weighted by atomic mass is 35.5. The maximum Gasteiger partial charge on any atom is 0.366 e. The SMILES string of the molecule is CC(=O)ON1C(=O)C(C)N(c2ccc(/C=N/N)cc2)C1=O.Cl. The lowest BCUT2D eigenvalue weighted by Crippen LogP contribution is -2.34. The monoisotopic (exact) mass is 326 g/mol. The summed E-state index contributed by atoms with van der Waals surface area (Å²) in [4.78, 5) is 41.0. The molecule has 8 nitrogen and oxygen atoms in total. The lowest BCUT2D eigenvalue weighted by molar-refractivity contribution is -0.180. The van der Waals surface area contributed by atoms with Gasteiger partial charge in [0, 0.05) is 12.6 Å². The molecule has 1 saturated heterocycles. The van der Waals surface area contributed by atoms with Gasteiger partial charge in [0.15, 0.2) is 0 Å². The van der Waals surface area contributed by atoms with Gasteiger partial charge in [-0.2, -0.15) is 5.10 Å². The Morgan fingerprint density at radius 1 is 1.32 bits per heavy atom. The van der Waals surface area contributed by atoms with Gasteiger partial charge in [-0.05, 0) is 24.6 Å². The molecule has 22 heavy (non-hydrogen) atoms. The topological polar surface area (TPSA) is 105 Å². The Morgan fingerprint density at radius 3 is 2.41 bits per heavy atom. The number of benzene rings is 1. The Morgan fingerprint density at radius 2 is 1.91 bits per heavy atom. The second-order valence-corrected chi connectivity index (χ2v) is 4.41. The number of hydrazone groups is 1. The molecule has 1 heterocycles. The molecular formula is C13H15ClN4O4. The van der Waals surface area contributed by atoms with Crippen LogP contribution >= 0.6 is 12.4 Å². The van der Waals surface area contributed by atoms with E-state index in [4.69, 9.17) is 5.84 Å². The molecule has 0 aromatic heterocycles. The van der Waals surface area contributed by atoms with Crippen molar-refractivity contribution in [3.63, 3.8) is 0 Å².